The Labute approximate surface area is 115 Å². The molecule has 1 N–H and O–H groups in total. The SMILES string of the molecule is COCCC(C)Nc1ccc(N(C)C(C)C)c(F)c1. The molecule has 0 radical (unpaired) electrons. The molecule has 0 spiro atoms. The van der Waals surface area contributed by atoms with E-state index in [4.69, 9.17) is 4.74 Å². The first-order chi connectivity index (χ1) is 8.95. The van der Waals surface area contributed by atoms with Crippen molar-refractivity contribution in [2.75, 3.05) is 31.0 Å². The summed E-state index contributed by atoms with van der Waals surface area (Å²) in [5.74, 6) is -0.194. The molecule has 4 heteroatoms. The maximum Gasteiger partial charge on any atom is 0.148 e. The highest BCUT2D eigenvalue weighted by molar-refractivity contribution is 5.56. The van der Waals surface area contributed by atoms with Gasteiger partial charge in [-0.3, -0.25) is 0 Å². The lowest BCUT2D eigenvalue weighted by Gasteiger charge is -2.25. The number of rotatable bonds is 7. The zero-order valence-electron chi connectivity index (χ0n) is 12.5. The summed E-state index contributed by atoms with van der Waals surface area (Å²) in [6.45, 7) is 6.84. The summed E-state index contributed by atoms with van der Waals surface area (Å²) in [6.07, 6.45) is 0.895. The minimum atomic E-state index is -0.194. The normalized spacial score (nSPS) is 12.6. The number of benzene rings is 1. The Kier molecular flexibility index (Phi) is 6.09. The molecule has 1 rings (SSSR count). The van der Waals surface area contributed by atoms with E-state index < -0.39 is 0 Å². The van der Waals surface area contributed by atoms with E-state index in [0.717, 1.165) is 12.1 Å². The van der Waals surface area contributed by atoms with Crippen LogP contribution in [-0.4, -0.2) is 32.8 Å². The molecule has 0 amide bonds. The van der Waals surface area contributed by atoms with Gasteiger partial charge in [-0.2, -0.15) is 0 Å². The van der Waals surface area contributed by atoms with Crippen molar-refractivity contribution in [3.05, 3.63) is 24.0 Å². The standard InChI is InChI=1S/C15H25FN2O/c1-11(2)18(4)15-7-6-13(10-14(15)16)17-12(3)8-9-19-5/h6-7,10-12,17H,8-9H2,1-5H3. The van der Waals surface area contributed by atoms with E-state index in [9.17, 15) is 4.39 Å². The Morgan fingerprint density at radius 3 is 2.53 bits per heavy atom. The predicted molar refractivity (Wildman–Crippen MR) is 79.5 cm³/mol. The van der Waals surface area contributed by atoms with Gasteiger partial charge in [0.2, 0.25) is 0 Å². The van der Waals surface area contributed by atoms with Crippen LogP contribution in [0.3, 0.4) is 0 Å². The Morgan fingerprint density at radius 1 is 1.32 bits per heavy atom. The summed E-state index contributed by atoms with van der Waals surface area (Å²) < 4.78 is 19.1. The van der Waals surface area contributed by atoms with Gasteiger partial charge in [0.15, 0.2) is 0 Å². The van der Waals surface area contributed by atoms with E-state index in [2.05, 4.69) is 12.2 Å². The van der Waals surface area contributed by atoms with Crippen LogP contribution in [0.2, 0.25) is 0 Å². The first-order valence-electron chi connectivity index (χ1n) is 6.73. The van der Waals surface area contributed by atoms with Crippen molar-refractivity contribution in [2.24, 2.45) is 0 Å². The van der Waals surface area contributed by atoms with Gasteiger partial charge in [0.25, 0.3) is 0 Å². The van der Waals surface area contributed by atoms with Gasteiger partial charge in [0.1, 0.15) is 5.82 Å². The molecule has 1 aromatic rings. The quantitative estimate of drug-likeness (QED) is 0.819. The van der Waals surface area contributed by atoms with Crippen LogP contribution in [0.4, 0.5) is 15.8 Å². The average molecular weight is 268 g/mol. The Hall–Kier alpha value is -1.29. The molecule has 3 nitrogen and oxygen atoms in total. The van der Waals surface area contributed by atoms with Crippen molar-refractivity contribution in [3.63, 3.8) is 0 Å². The Balaban J connectivity index is 2.71. The van der Waals surface area contributed by atoms with Crippen LogP contribution in [0, 0.1) is 5.82 Å². The highest BCUT2D eigenvalue weighted by Gasteiger charge is 2.11. The van der Waals surface area contributed by atoms with Crippen LogP contribution < -0.4 is 10.2 Å². The van der Waals surface area contributed by atoms with Crippen molar-refractivity contribution >= 4 is 11.4 Å². The fourth-order valence-electron chi connectivity index (χ4n) is 1.81. The number of nitrogens with one attached hydrogen (secondary N) is 1. The molecule has 0 saturated heterocycles. The second kappa shape index (κ2) is 7.34. The zero-order chi connectivity index (χ0) is 14.4. The van der Waals surface area contributed by atoms with Crippen LogP contribution in [0.25, 0.3) is 0 Å². The maximum absolute atomic E-state index is 14.1. The zero-order valence-corrected chi connectivity index (χ0v) is 12.5. The van der Waals surface area contributed by atoms with Crippen molar-refractivity contribution < 1.29 is 9.13 Å². The van der Waals surface area contributed by atoms with Gasteiger partial charge in [-0.25, -0.2) is 4.39 Å². The van der Waals surface area contributed by atoms with E-state index in [1.807, 2.05) is 37.9 Å². The number of halogens is 1. The molecule has 0 aliphatic rings. The van der Waals surface area contributed by atoms with E-state index in [0.29, 0.717) is 12.3 Å². The van der Waals surface area contributed by atoms with Gasteiger partial charge in [0, 0.05) is 38.5 Å². The molecule has 0 fully saturated rings. The molecule has 19 heavy (non-hydrogen) atoms. The molecular formula is C15H25FN2O. The minimum Gasteiger partial charge on any atom is -0.385 e. The summed E-state index contributed by atoms with van der Waals surface area (Å²) in [7, 11) is 3.58. The minimum absolute atomic E-state index is 0.194. The molecule has 0 saturated carbocycles. The summed E-state index contributed by atoms with van der Waals surface area (Å²) in [4.78, 5) is 1.92. The van der Waals surface area contributed by atoms with Gasteiger partial charge in [-0.1, -0.05) is 0 Å². The highest BCUT2D eigenvalue weighted by atomic mass is 19.1. The van der Waals surface area contributed by atoms with Crippen LogP contribution >= 0.6 is 0 Å². The summed E-state index contributed by atoms with van der Waals surface area (Å²) in [5, 5.41) is 3.27. The van der Waals surface area contributed by atoms with Crippen molar-refractivity contribution in [1.82, 2.24) is 0 Å². The molecule has 0 aromatic heterocycles. The third kappa shape index (κ3) is 4.71. The average Bonchev–Trinajstić information content (AvgIpc) is 2.35. The number of anilines is 2. The van der Waals surface area contributed by atoms with E-state index >= 15 is 0 Å². The van der Waals surface area contributed by atoms with Gasteiger partial charge in [-0.05, 0) is 45.4 Å². The lowest BCUT2D eigenvalue weighted by atomic mass is 10.2. The van der Waals surface area contributed by atoms with Crippen molar-refractivity contribution in [1.29, 1.82) is 0 Å². The third-order valence-corrected chi connectivity index (χ3v) is 3.27. The lowest BCUT2D eigenvalue weighted by molar-refractivity contribution is 0.191. The second-order valence-electron chi connectivity index (χ2n) is 5.20. The Bertz CT molecular complexity index is 396. The number of ether oxygens (including phenoxy) is 1. The predicted octanol–water partition coefficient (Wildman–Crippen LogP) is 3.51. The molecule has 0 aliphatic heterocycles. The van der Waals surface area contributed by atoms with Gasteiger partial charge in [-0.15, -0.1) is 0 Å². The van der Waals surface area contributed by atoms with Gasteiger partial charge < -0.3 is 15.0 Å². The van der Waals surface area contributed by atoms with Crippen LogP contribution in [0.5, 0.6) is 0 Å². The fourth-order valence-corrected chi connectivity index (χ4v) is 1.81. The highest BCUT2D eigenvalue weighted by Crippen LogP contribution is 2.23. The number of methoxy groups -OCH3 is 1. The Morgan fingerprint density at radius 2 is 2.00 bits per heavy atom. The third-order valence-electron chi connectivity index (χ3n) is 3.27. The van der Waals surface area contributed by atoms with E-state index in [-0.39, 0.29) is 17.9 Å². The molecule has 1 aromatic carbocycles. The van der Waals surface area contributed by atoms with Crippen LogP contribution in [0.1, 0.15) is 27.2 Å². The van der Waals surface area contributed by atoms with Crippen LogP contribution in [-0.2, 0) is 4.74 Å². The molecule has 1 unspecified atom stereocenters. The largest absolute Gasteiger partial charge is 0.385 e. The first-order valence-corrected chi connectivity index (χ1v) is 6.73. The monoisotopic (exact) mass is 268 g/mol. The molecular weight excluding hydrogens is 243 g/mol. The number of hydrogen-bond donors (Lipinski definition) is 1. The molecule has 1 atom stereocenters. The van der Waals surface area contributed by atoms with Crippen molar-refractivity contribution in [2.45, 2.75) is 39.3 Å². The second-order valence-corrected chi connectivity index (χ2v) is 5.20. The summed E-state index contributed by atoms with van der Waals surface area (Å²) >= 11 is 0. The number of hydrogen-bond acceptors (Lipinski definition) is 3. The summed E-state index contributed by atoms with van der Waals surface area (Å²) in [6, 6.07) is 5.82. The lowest BCUT2D eigenvalue weighted by Crippen LogP contribution is -2.26. The smallest absolute Gasteiger partial charge is 0.148 e. The summed E-state index contributed by atoms with van der Waals surface area (Å²) in [5.41, 5.74) is 1.44. The van der Waals surface area contributed by atoms with Crippen LogP contribution in [0.15, 0.2) is 18.2 Å². The van der Waals surface area contributed by atoms with Gasteiger partial charge >= 0.3 is 0 Å². The maximum atomic E-state index is 14.1. The van der Waals surface area contributed by atoms with Crippen molar-refractivity contribution in [3.8, 4) is 0 Å². The fraction of sp³-hybridized carbons (Fsp3) is 0.600. The molecule has 108 valence electrons. The molecule has 0 bridgehead atoms. The topological polar surface area (TPSA) is 24.5 Å². The van der Waals surface area contributed by atoms with Gasteiger partial charge in [0.05, 0.1) is 5.69 Å². The molecule has 0 heterocycles. The van der Waals surface area contributed by atoms with E-state index in [1.54, 1.807) is 13.2 Å². The first kappa shape index (κ1) is 15.8. The van der Waals surface area contributed by atoms with E-state index in [1.165, 1.54) is 0 Å². The molecule has 0 aliphatic carbocycles. The number of nitrogens with zero attached hydrogens (tertiary/aromatic N) is 1.